The van der Waals surface area contributed by atoms with Crippen molar-refractivity contribution >= 4 is 5.69 Å². The second-order valence-corrected chi connectivity index (χ2v) is 6.16. The molecule has 3 rings (SSSR count). The molecule has 0 aromatic heterocycles. The standard InChI is InChI=1S/C19H23NO/c1-13(2)21-16-8-6-7-15(12-16)18-11-14(3)20-19-10-5-4-9-17(18)19/h4-10,12-14,18,20H,11H2,1-3H3. The lowest BCUT2D eigenvalue weighted by atomic mass is 9.82. The fourth-order valence-electron chi connectivity index (χ4n) is 3.13. The van der Waals surface area contributed by atoms with Gasteiger partial charge in [0.1, 0.15) is 5.75 Å². The summed E-state index contributed by atoms with van der Waals surface area (Å²) in [5.41, 5.74) is 3.99. The first-order valence-corrected chi connectivity index (χ1v) is 7.75. The van der Waals surface area contributed by atoms with Gasteiger partial charge in [-0.05, 0) is 56.5 Å². The van der Waals surface area contributed by atoms with Crippen LogP contribution in [-0.2, 0) is 0 Å². The van der Waals surface area contributed by atoms with Crippen LogP contribution in [0.5, 0.6) is 5.75 Å². The average Bonchev–Trinajstić information content (AvgIpc) is 2.46. The van der Waals surface area contributed by atoms with E-state index in [0.29, 0.717) is 12.0 Å². The van der Waals surface area contributed by atoms with Crippen molar-refractivity contribution in [2.24, 2.45) is 0 Å². The van der Waals surface area contributed by atoms with E-state index >= 15 is 0 Å². The van der Waals surface area contributed by atoms with Crippen LogP contribution in [-0.4, -0.2) is 12.1 Å². The molecule has 0 saturated heterocycles. The summed E-state index contributed by atoms with van der Waals surface area (Å²) in [5.74, 6) is 1.40. The van der Waals surface area contributed by atoms with Crippen molar-refractivity contribution in [3.8, 4) is 5.75 Å². The molecule has 0 amide bonds. The van der Waals surface area contributed by atoms with Crippen LogP contribution < -0.4 is 10.1 Å². The highest BCUT2D eigenvalue weighted by Gasteiger charge is 2.25. The van der Waals surface area contributed by atoms with Gasteiger partial charge in [-0.2, -0.15) is 0 Å². The third-order valence-electron chi connectivity index (χ3n) is 3.96. The van der Waals surface area contributed by atoms with E-state index in [0.717, 1.165) is 12.2 Å². The molecule has 0 bridgehead atoms. The number of hydrogen-bond donors (Lipinski definition) is 1. The predicted octanol–water partition coefficient (Wildman–Crippen LogP) is 4.81. The molecule has 2 atom stereocenters. The van der Waals surface area contributed by atoms with Crippen molar-refractivity contribution in [1.82, 2.24) is 0 Å². The van der Waals surface area contributed by atoms with Crippen LogP contribution in [0.2, 0.25) is 0 Å². The van der Waals surface area contributed by atoms with Gasteiger partial charge < -0.3 is 10.1 Å². The monoisotopic (exact) mass is 281 g/mol. The average molecular weight is 281 g/mol. The Kier molecular flexibility index (Phi) is 3.87. The van der Waals surface area contributed by atoms with Crippen molar-refractivity contribution < 1.29 is 4.74 Å². The summed E-state index contributed by atoms with van der Waals surface area (Å²) in [7, 11) is 0. The molecule has 1 aliphatic heterocycles. The number of hydrogen-bond acceptors (Lipinski definition) is 2. The van der Waals surface area contributed by atoms with Gasteiger partial charge in [0.05, 0.1) is 6.10 Å². The van der Waals surface area contributed by atoms with Gasteiger partial charge in [-0.15, -0.1) is 0 Å². The number of rotatable bonds is 3. The molecule has 0 fully saturated rings. The maximum absolute atomic E-state index is 5.84. The minimum atomic E-state index is 0.208. The maximum atomic E-state index is 5.84. The minimum absolute atomic E-state index is 0.208. The van der Waals surface area contributed by atoms with E-state index in [1.165, 1.54) is 16.8 Å². The summed E-state index contributed by atoms with van der Waals surface area (Å²) < 4.78 is 5.84. The van der Waals surface area contributed by atoms with Gasteiger partial charge in [0.15, 0.2) is 0 Å². The molecular formula is C19H23NO. The van der Waals surface area contributed by atoms with Gasteiger partial charge in [-0.3, -0.25) is 0 Å². The molecule has 1 heterocycles. The van der Waals surface area contributed by atoms with E-state index in [4.69, 9.17) is 4.74 Å². The van der Waals surface area contributed by atoms with Crippen molar-refractivity contribution in [3.63, 3.8) is 0 Å². The van der Waals surface area contributed by atoms with Crippen molar-refractivity contribution in [2.75, 3.05) is 5.32 Å². The molecule has 110 valence electrons. The van der Waals surface area contributed by atoms with E-state index in [1.807, 2.05) is 6.07 Å². The molecule has 2 heteroatoms. The Morgan fingerprint density at radius 3 is 2.71 bits per heavy atom. The highest BCUT2D eigenvalue weighted by Crippen LogP contribution is 2.39. The molecule has 1 aliphatic rings. The summed E-state index contributed by atoms with van der Waals surface area (Å²) in [6, 6.07) is 17.7. The molecule has 2 unspecified atom stereocenters. The topological polar surface area (TPSA) is 21.3 Å². The molecule has 0 radical (unpaired) electrons. The molecule has 0 spiro atoms. The largest absolute Gasteiger partial charge is 0.491 e. The summed E-state index contributed by atoms with van der Waals surface area (Å²) in [6.45, 7) is 6.38. The zero-order valence-corrected chi connectivity index (χ0v) is 13.0. The predicted molar refractivity (Wildman–Crippen MR) is 88.2 cm³/mol. The number of benzene rings is 2. The van der Waals surface area contributed by atoms with Gasteiger partial charge >= 0.3 is 0 Å². The van der Waals surface area contributed by atoms with E-state index < -0.39 is 0 Å². The zero-order valence-electron chi connectivity index (χ0n) is 13.0. The summed E-state index contributed by atoms with van der Waals surface area (Å²) in [5, 5.41) is 3.58. The Bertz CT molecular complexity index is 620. The molecule has 0 saturated carbocycles. The number of ether oxygens (including phenoxy) is 1. The second kappa shape index (κ2) is 5.80. The van der Waals surface area contributed by atoms with E-state index in [1.54, 1.807) is 0 Å². The van der Waals surface area contributed by atoms with Crippen LogP contribution >= 0.6 is 0 Å². The first kappa shape index (κ1) is 14.0. The van der Waals surface area contributed by atoms with E-state index in [9.17, 15) is 0 Å². The lowest BCUT2D eigenvalue weighted by molar-refractivity contribution is 0.242. The van der Waals surface area contributed by atoms with Crippen LogP contribution in [0.15, 0.2) is 48.5 Å². The van der Waals surface area contributed by atoms with Gasteiger partial charge in [-0.25, -0.2) is 0 Å². The van der Waals surface area contributed by atoms with Crippen LogP contribution in [0.25, 0.3) is 0 Å². The molecule has 0 aliphatic carbocycles. The van der Waals surface area contributed by atoms with Crippen LogP contribution in [0.4, 0.5) is 5.69 Å². The molecule has 21 heavy (non-hydrogen) atoms. The van der Waals surface area contributed by atoms with E-state index in [-0.39, 0.29) is 6.10 Å². The molecule has 2 aromatic rings. The van der Waals surface area contributed by atoms with E-state index in [2.05, 4.69) is 68.6 Å². The Morgan fingerprint density at radius 2 is 1.90 bits per heavy atom. The Labute approximate surface area is 127 Å². The van der Waals surface area contributed by atoms with Crippen LogP contribution in [0.3, 0.4) is 0 Å². The highest BCUT2D eigenvalue weighted by molar-refractivity contribution is 5.58. The first-order chi connectivity index (χ1) is 10.1. The quantitative estimate of drug-likeness (QED) is 0.871. The molecule has 2 nitrogen and oxygen atoms in total. The van der Waals surface area contributed by atoms with Crippen LogP contribution in [0.1, 0.15) is 44.2 Å². The number of nitrogens with one attached hydrogen (secondary N) is 1. The molecule has 2 aromatic carbocycles. The van der Waals surface area contributed by atoms with Crippen LogP contribution in [0, 0.1) is 0 Å². The van der Waals surface area contributed by atoms with Crippen molar-refractivity contribution in [1.29, 1.82) is 0 Å². The third kappa shape index (κ3) is 3.05. The fraction of sp³-hybridized carbons (Fsp3) is 0.368. The van der Waals surface area contributed by atoms with Crippen molar-refractivity contribution in [2.45, 2.75) is 45.3 Å². The summed E-state index contributed by atoms with van der Waals surface area (Å²) >= 11 is 0. The lowest BCUT2D eigenvalue weighted by Gasteiger charge is -2.32. The number of fused-ring (bicyclic) bond motifs is 1. The Hall–Kier alpha value is -1.96. The molecule has 1 N–H and O–H groups in total. The Morgan fingerprint density at radius 1 is 1.10 bits per heavy atom. The second-order valence-electron chi connectivity index (χ2n) is 6.16. The highest BCUT2D eigenvalue weighted by atomic mass is 16.5. The number of anilines is 1. The summed E-state index contributed by atoms with van der Waals surface area (Å²) in [6.07, 6.45) is 1.32. The molecular weight excluding hydrogens is 258 g/mol. The minimum Gasteiger partial charge on any atom is -0.491 e. The summed E-state index contributed by atoms with van der Waals surface area (Å²) in [4.78, 5) is 0. The van der Waals surface area contributed by atoms with Gasteiger partial charge in [0.2, 0.25) is 0 Å². The smallest absolute Gasteiger partial charge is 0.119 e. The zero-order chi connectivity index (χ0) is 14.8. The van der Waals surface area contributed by atoms with Gasteiger partial charge in [0.25, 0.3) is 0 Å². The lowest BCUT2D eigenvalue weighted by Crippen LogP contribution is -2.25. The van der Waals surface area contributed by atoms with Gasteiger partial charge in [-0.1, -0.05) is 30.3 Å². The van der Waals surface area contributed by atoms with Gasteiger partial charge in [0, 0.05) is 17.6 Å². The van der Waals surface area contributed by atoms with Crippen molar-refractivity contribution in [3.05, 3.63) is 59.7 Å². The Balaban J connectivity index is 1.97. The first-order valence-electron chi connectivity index (χ1n) is 7.75. The third-order valence-corrected chi connectivity index (χ3v) is 3.96. The SMILES string of the molecule is CC1CC(c2cccc(OC(C)C)c2)c2ccccc2N1. The fourth-order valence-corrected chi connectivity index (χ4v) is 3.13. The maximum Gasteiger partial charge on any atom is 0.119 e. The number of para-hydroxylation sites is 1. The normalized spacial score (nSPS) is 20.8.